The van der Waals surface area contributed by atoms with Crippen molar-refractivity contribution in [2.24, 2.45) is 5.92 Å². The maximum atomic E-state index is 14.1. The Morgan fingerprint density at radius 1 is 1.30 bits per heavy atom. The monoisotopic (exact) mass is 465 g/mol. The van der Waals surface area contributed by atoms with Crippen molar-refractivity contribution in [1.29, 1.82) is 0 Å². The first kappa shape index (κ1) is 20.0. The number of hydrogen-bond acceptors (Lipinski definition) is 4. The maximum absolute atomic E-state index is 14.1. The summed E-state index contributed by atoms with van der Waals surface area (Å²) in [5, 5.41) is 0. The third kappa shape index (κ3) is 4.59. The van der Waals surface area contributed by atoms with Crippen LogP contribution in [0.5, 0.6) is 5.75 Å². The third-order valence-electron chi connectivity index (χ3n) is 3.71. The Labute approximate surface area is 175 Å². The minimum Gasteiger partial charge on any atom is -0.492 e. The largest absolute Gasteiger partial charge is 0.492 e. The third-order valence-corrected chi connectivity index (χ3v) is 5.63. The summed E-state index contributed by atoms with van der Waals surface area (Å²) in [7, 11) is 0. The van der Waals surface area contributed by atoms with Gasteiger partial charge in [-0.2, -0.15) is 0 Å². The van der Waals surface area contributed by atoms with Gasteiger partial charge in [-0.1, -0.05) is 56.0 Å². The quantitative estimate of drug-likeness (QED) is 0.398. The zero-order chi connectivity index (χ0) is 19.6. The van der Waals surface area contributed by atoms with Gasteiger partial charge >= 0.3 is 0 Å². The van der Waals surface area contributed by atoms with Gasteiger partial charge in [-0.15, -0.1) is 0 Å². The van der Waals surface area contributed by atoms with Gasteiger partial charge in [-0.05, 0) is 57.8 Å². The summed E-state index contributed by atoms with van der Waals surface area (Å²) in [4.78, 5) is 14.4. The number of thiocarbonyl (C=S) groups is 1. The van der Waals surface area contributed by atoms with Crippen LogP contribution >= 0.6 is 39.9 Å². The van der Waals surface area contributed by atoms with Crippen LogP contribution in [0.3, 0.4) is 0 Å². The molecular weight excluding hydrogens is 449 g/mol. The molecule has 0 aromatic heterocycles. The molecule has 0 atom stereocenters. The molecule has 1 aliphatic rings. The number of hydrogen-bond donors (Lipinski definition) is 0. The van der Waals surface area contributed by atoms with Crippen LogP contribution in [0, 0.1) is 11.7 Å². The van der Waals surface area contributed by atoms with E-state index in [0.29, 0.717) is 21.8 Å². The van der Waals surface area contributed by atoms with Gasteiger partial charge in [0, 0.05) is 0 Å². The minimum atomic E-state index is -0.482. The molecule has 1 aliphatic heterocycles. The van der Waals surface area contributed by atoms with Gasteiger partial charge < -0.3 is 4.74 Å². The normalized spacial score (nSPS) is 15.9. The predicted molar refractivity (Wildman–Crippen MR) is 117 cm³/mol. The first-order valence-electron chi connectivity index (χ1n) is 8.31. The van der Waals surface area contributed by atoms with Gasteiger partial charge in [0.15, 0.2) is 4.32 Å². The molecule has 0 spiro atoms. The van der Waals surface area contributed by atoms with Crippen LogP contribution in [0.15, 0.2) is 51.8 Å². The molecule has 3 nitrogen and oxygen atoms in total. The van der Waals surface area contributed by atoms with Gasteiger partial charge in [0.25, 0.3) is 5.91 Å². The average Bonchev–Trinajstić information content (AvgIpc) is 2.88. The second kappa shape index (κ2) is 8.54. The highest BCUT2D eigenvalue weighted by Gasteiger charge is 2.34. The van der Waals surface area contributed by atoms with E-state index in [4.69, 9.17) is 17.0 Å². The number of halogens is 2. The molecule has 1 fully saturated rings. The lowest BCUT2D eigenvalue weighted by Crippen LogP contribution is -2.28. The Morgan fingerprint density at radius 2 is 2.04 bits per heavy atom. The molecule has 140 valence electrons. The molecule has 7 heteroatoms. The number of para-hydroxylation sites is 1. The Morgan fingerprint density at radius 3 is 2.70 bits per heavy atom. The van der Waals surface area contributed by atoms with E-state index < -0.39 is 5.82 Å². The highest BCUT2D eigenvalue weighted by molar-refractivity contribution is 9.10. The van der Waals surface area contributed by atoms with Gasteiger partial charge in [0.05, 0.1) is 21.7 Å². The summed E-state index contributed by atoms with van der Waals surface area (Å²) >= 11 is 9.95. The lowest BCUT2D eigenvalue weighted by Gasteiger charge is -2.14. The van der Waals surface area contributed by atoms with Crippen LogP contribution in [0.2, 0.25) is 0 Å². The Hall–Kier alpha value is -1.70. The van der Waals surface area contributed by atoms with E-state index in [0.717, 1.165) is 27.5 Å². The van der Waals surface area contributed by atoms with Crippen LogP contribution in [-0.2, 0) is 4.79 Å². The SMILES string of the molecule is CC(C)COc1ccc(/C=C2\SC(=S)N(c3ccccc3F)C2=O)cc1Br. The Kier molecular flexibility index (Phi) is 6.34. The first-order chi connectivity index (χ1) is 12.9. The van der Waals surface area contributed by atoms with Gasteiger partial charge in [0.2, 0.25) is 0 Å². The maximum Gasteiger partial charge on any atom is 0.270 e. The van der Waals surface area contributed by atoms with Crippen LogP contribution in [0.1, 0.15) is 19.4 Å². The van der Waals surface area contributed by atoms with E-state index in [1.165, 1.54) is 11.0 Å². The molecule has 2 aromatic rings. The van der Waals surface area contributed by atoms with Crippen LogP contribution in [0.25, 0.3) is 6.08 Å². The van der Waals surface area contributed by atoms with Gasteiger partial charge in [0.1, 0.15) is 11.6 Å². The second-order valence-corrected chi connectivity index (χ2v) is 8.89. The van der Waals surface area contributed by atoms with Crippen molar-refractivity contribution in [2.75, 3.05) is 11.5 Å². The molecule has 0 unspecified atom stereocenters. The van der Waals surface area contributed by atoms with E-state index >= 15 is 0 Å². The number of ether oxygens (including phenoxy) is 1. The highest BCUT2D eigenvalue weighted by Crippen LogP contribution is 2.37. The van der Waals surface area contributed by atoms with Crippen molar-refractivity contribution in [3.8, 4) is 5.75 Å². The van der Waals surface area contributed by atoms with Crippen molar-refractivity contribution < 1.29 is 13.9 Å². The molecule has 0 aliphatic carbocycles. The molecule has 3 rings (SSSR count). The zero-order valence-corrected chi connectivity index (χ0v) is 18.0. The van der Waals surface area contributed by atoms with E-state index in [2.05, 4.69) is 29.8 Å². The molecule has 1 heterocycles. The fraction of sp³-hybridized carbons (Fsp3) is 0.200. The summed E-state index contributed by atoms with van der Waals surface area (Å²) in [6, 6.07) is 11.7. The number of carbonyl (C=O) groups excluding carboxylic acids is 1. The van der Waals surface area contributed by atoms with E-state index in [1.807, 2.05) is 18.2 Å². The lowest BCUT2D eigenvalue weighted by atomic mass is 10.2. The summed E-state index contributed by atoms with van der Waals surface area (Å²) < 4.78 is 20.9. The van der Waals surface area contributed by atoms with Crippen LogP contribution in [-0.4, -0.2) is 16.8 Å². The minimum absolute atomic E-state index is 0.169. The molecule has 1 amide bonds. The average molecular weight is 466 g/mol. The van der Waals surface area contributed by atoms with Gasteiger partial charge in [-0.3, -0.25) is 9.69 Å². The van der Waals surface area contributed by atoms with Crippen molar-refractivity contribution >= 4 is 61.9 Å². The predicted octanol–water partition coefficient (Wildman–Crippen LogP) is 6.03. The van der Waals surface area contributed by atoms with E-state index in [9.17, 15) is 9.18 Å². The number of thioether (sulfide) groups is 1. The van der Waals surface area contributed by atoms with Crippen molar-refractivity contribution in [2.45, 2.75) is 13.8 Å². The highest BCUT2D eigenvalue weighted by atomic mass is 79.9. The van der Waals surface area contributed by atoms with Crippen molar-refractivity contribution in [3.05, 3.63) is 63.2 Å². The van der Waals surface area contributed by atoms with E-state index in [-0.39, 0.29) is 11.6 Å². The summed E-state index contributed by atoms with van der Waals surface area (Å²) in [5.74, 6) is 0.368. The fourth-order valence-electron chi connectivity index (χ4n) is 2.44. The Bertz CT molecular complexity index is 930. The van der Waals surface area contributed by atoms with Crippen molar-refractivity contribution in [3.63, 3.8) is 0 Å². The zero-order valence-electron chi connectivity index (χ0n) is 14.7. The summed E-state index contributed by atoms with van der Waals surface area (Å²) in [6.07, 6.45) is 1.75. The lowest BCUT2D eigenvalue weighted by molar-refractivity contribution is -0.113. The van der Waals surface area contributed by atoms with Crippen LogP contribution < -0.4 is 9.64 Å². The molecule has 0 radical (unpaired) electrons. The number of anilines is 1. The fourth-order valence-corrected chi connectivity index (χ4v) is 4.24. The number of benzene rings is 2. The molecule has 0 N–H and O–H groups in total. The number of amides is 1. The van der Waals surface area contributed by atoms with E-state index in [1.54, 1.807) is 24.3 Å². The second-order valence-electron chi connectivity index (χ2n) is 6.36. The topological polar surface area (TPSA) is 29.5 Å². The Balaban J connectivity index is 1.84. The number of rotatable bonds is 5. The summed E-state index contributed by atoms with van der Waals surface area (Å²) in [6.45, 7) is 4.79. The van der Waals surface area contributed by atoms with Gasteiger partial charge in [-0.25, -0.2) is 4.39 Å². The number of nitrogens with zero attached hydrogens (tertiary/aromatic N) is 1. The molecule has 2 aromatic carbocycles. The standard InChI is InChI=1S/C20H17BrFNO2S2/c1-12(2)11-25-17-8-7-13(9-14(17)21)10-18-19(24)23(20(26)27-18)16-6-4-3-5-15(16)22/h3-10,12H,11H2,1-2H3/b18-10-. The first-order valence-corrected chi connectivity index (χ1v) is 10.3. The molecule has 0 saturated carbocycles. The smallest absolute Gasteiger partial charge is 0.270 e. The van der Waals surface area contributed by atoms with Crippen LogP contribution in [0.4, 0.5) is 10.1 Å². The molecule has 1 saturated heterocycles. The number of carbonyl (C=O) groups is 1. The van der Waals surface area contributed by atoms with Crippen molar-refractivity contribution in [1.82, 2.24) is 0 Å². The molecule has 0 bridgehead atoms. The molecule has 27 heavy (non-hydrogen) atoms. The summed E-state index contributed by atoms with van der Waals surface area (Å²) in [5.41, 5.74) is 0.995. The molecular formula is C20H17BrFNO2S2.